The van der Waals surface area contributed by atoms with Crippen molar-refractivity contribution in [3.63, 3.8) is 0 Å². The summed E-state index contributed by atoms with van der Waals surface area (Å²) in [5.74, 6) is -1.03. The van der Waals surface area contributed by atoms with Crippen LogP contribution < -0.4 is 11.5 Å². The van der Waals surface area contributed by atoms with Crippen LogP contribution in [-0.2, 0) is 0 Å². The molecule has 6 heteroatoms. The van der Waals surface area contributed by atoms with Crippen molar-refractivity contribution in [2.24, 2.45) is 11.5 Å². The van der Waals surface area contributed by atoms with E-state index in [0.717, 1.165) is 16.4 Å². The number of H-pyrrole nitrogens is 1. The number of nitrogens with one attached hydrogen (secondary N) is 1. The molecule has 0 saturated heterocycles. The van der Waals surface area contributed by atoms with Crippen molar-refractivity contribution in [1.82, 2.24) is 9.97 Å². The van der Waals surface area contributed by atoms with Gasteiger partial charge in [0, 0.05) is 22.7 Å². The number of amides is 2. The zero-order valence-corrected chi connectivity index (χ0v) is 9.81. The van der Waals surface area contributed by atoms with E-state index in [9.17, 15) is 9.59 Å². The minimum atomic E-state index is -0.536. The highest BCUT2D eigenvalue weighted by molar-refractivity contribution is 6.08. The van der Waals surface area contributed by atoms with Gasteiger partial charge in [0.25, 0.3) is 0 Å². The van der Waals surface area contributed by atoms with E-state index in [0.29, 0.717) is 16.6 Å². The number of aromatic amines is 1. The van der Waals surface area contributed by atoms with E-state index in [-0.39, 0.29) is 0 Å². The van der Waals surface area contributed by atoms with Crippen LogP contribution in [0.3, 0.4) is 0 Å². The summed E-state index contributed by atoms with van der Waals surface area (Å²) in [6.07, 6.45) is 1.43. The third kappa shape index (κ3) is 1.70. The van der Waals surface area contributed by atoms with E-state index in [4.69, 9.17) is 11.5 Å². The molecular formula is C13H10N4O2. The third-order valence-corrected chi connectivity index (χ3v) is 3.00. The number of nitrogens with zero attached hydrogens (tertiary/aromatic N) is 1. The fourth-order valence-electron chi connectivity index (χ4n) is 2.06. The number of carbonyl (C=O) groups is 2. The first-order valence-corrected chi connectivity index (χ1v) is 5.57. The second kappa shape index (κ2) is 3.81. The van der Waals surface area contributed by atoms with Crippen molar-refractivity contribution < 1.29 is 9.59 Å². The number of aromatic nitrogens is 2. The number of benzene rings is 1. The SMILES string of the molecule is NC(=O)c1ccc2c(c1)[nH]c1cc(C(N)=O)cnc12. The van der Waals surface area contributed by atoms with Gasteiger partial charge < -0.3 is 16.5 Å². The quantitative estimate of drug-likeness (QED) is 0.631. The van der Waals surface area contributed by atoms with Gasteiger partial charge in [-0.25, -0.2) is 0 Å². The van der Waals surface area contributed by atoms with Gasteiger partial charge in [-0.15, -0.1) is 0 Å². The number of primary amides is 2. The summed E-state index contributed by atoms with van der Waals surface area (Å²) in [4.78, 5) is 29.6. The van der Waals surface area contributed by atoms with E-state index in [1.165, 1.54) is 6.20 Å². The maximum absolute atomic E-state index is 11.1. The summed E-state index contributed by atoms with van der Waals surface area (Å²) in [7, 11) is 0. The lowest BCUT2D eigenvalue weighted by atomic mass is 10.1. The molecule has 0 radical (unpaired) electrons. The van der Waals surface area contributed by atoms with Gasteiger partial charge in [0.1, 0.15) is 0 Å². The molecule has 94 valence electrons. The Balaban J connectivity index is 2.31. The monoisotopic (exact) mass is 254 g/mol. The van der Waals surface area contributed by atoms with Crippen molar-refractivity contribution in [1.29, 1.82) is 0 Å². The molecule has 0 unspecified atom stereocenters. The molecule has 2 aromatic heterocycles. The van der Waals surface area contributed by atoms with Crippen molar-refractivity contribution >= 4 is 33.8 Å². The molecule has 0 saturated carbocycles. The highest BCUT2D eigenvalue weighted by Gasteiger charge is 2.10. The van der Waals surface area contributed by atoms with Gasteiger partial charge in [0.15, 0.2) is 0 Å². The maximum Gasteiger partial charge on any atom is 0.250 e. The normalized spacial score (nSPS) is 10.9. The van der Waals surface area contributed by atoms with Gasteiger partial charge >= 0.3 is 0 Å². The van der Waals surface area contributed by atoms with Crippen LogP contribution in [0.25, 0.3) is 21.9 Å². The zero-order chi connectivity index (χ0) is 13.6. The summed E-state index contributed by atoms with van der Waals surface area (Å²) >= 11 is 0. The van der Waals surface area contributed by atoms with Crippen molar-refractivity contribution in [2.75, 3.05) is 0 Å². The zero-order valence-electron chi connectivity index (χ0n) is 9.81. The lowest BCUT2D eigenvalue weighted by molar-refractivity contribution is 0.0992. The Hall–Kier alpha value is -2.89. The fraction of sp³-hybridized carbons (Fsp3) is 0. The van der Waals surface area contributed by atoms with Crippen LogP contribution >= 0.6 is 0 Å². The van der Waals surface area contributed by atoms with Gasteiger partial charge in [-0.1, -0.05) is 0 Å². The van der Waals surface area contributed by atoms with E-state index in [2.05, 4.69) is 9.97 Å². The Morgan fingerprint density at radius 2 is 1.68 bits per heavy atom. The summed E-state index contributed by atoms with van der Waals surface area (Å²) < 4.78 is 0. The summed E-state index contributed by atoms with van der Waals surface area (Å²) in [5, 5.41) is 0.857. The molecule has 5 N–H and O–H groups in total. The molecule has 19 heavy (non-hydrogen) atoms. The van der Waals surface area contributed by atoms with Gasteiger partial charge in [-0.3, -0.25) is 14.6 Å². The van der Waals surface area contributed by atoms with E-state index < -0.39 is 11.8 Å². The van der Waals surface area contributed by atoms with E-state index in [1.54, 1.807) is 24.3 Å². The van der Waals surface area contributed by atoms with Crippen molar-refractivity contribution in [3.8, 4) is 0 Å². The summed E-state index contributed by atoms with van der Waals surface area (Å²) in [5.41, 5.74) is 13.3. The minimum Gasteiger partial charge on any atom is -0.366 e. The molecule has 0 aliphatic carbocycles. The molecule has 3 aromatic rings. The molecule has 0 fully saturated rings. The molecule has 0 atom stereocenters. The second-order valence-corrected chi connectivity index (χ2v) is 4.23. The molecular weight excluding hydrogens is 244 g/mol. The number of hydrogen-bond acceptors (Lipinski definition) is 3. The van der Waals surface area contributed by atoms with Gasteiger partial charge in [-0.05, 0) is 24.3 Å². The molecule has 0 aliphatic rings. The predicted molar refractivity (Wildman–Crippen MR) is 70.6 cm³/mol. The van der Waals surface area contributed by atoms with Gasteiger partial charge in [0.05, 0.1) is 16.6 Å². The number of nitrogens with two attached hydrogens (primary N) is 2. The topological polar surface area (TPSA) is 115 Å². The van der Waals surface area contributed by atoms with Crippen LogP contribution in [0.2, 0.25) is 0 Å². The Morgan fingerprint density at radius 3 is 2.37 bits per heavy atom. The van der Waals surface area contributed by atoms with E-state index in [1.807, 2.05) is 0 Å². The van der Waals surface area contributed by atoms with Crippen molar-refractivity contribution in [2.45, 2.75) is 0 Å². The van der Waals surface area contributed by atoms with E-state index >= 15 is 0 Å². The molecule has 3 rings (SSSR count). The standard InChI is InChI=1S/C13H10N4O2/c14-12(18)6-1-2-8-9(3-6)17-10-4-7(13(15)19)5-16-11(8)10/h1-5,17H,(H2,14,18)(H2,15,19). The molecule has 2 amide bonds. The van der Waals surface area contributed by atoms with Crippen LogP contribution in [0.1, 0.15) is 20.7 Å². The molecule has 0 bridgehead atoms. The molecule has 1 aromatic carbocycles. The van der Waals surface area contributed by atoms with Crippen LogP contribution in [0, 0.1) is 0 Å². The van der Waals surface area contributed by atoms with Crippen LogP contribution in [0.4, 0.5) is 0 Å². The Labute approximate surface area is 107 Å². The van der Waals surface area contributed by atoms with Crippen molar-refractivity contribution in [3.05, 3.63) is 41.6 Å². The molecule has 2 heterocycles. The molecule has 0 spiro atoms. The van der Waals surface area contributed by atoms with Gasteiger partial charge in [-0.2, -0.15) is 0 Å². The molecule has 6 nitrogen and oxygen atoms in total. The first-order valence-electron chi connectivity index (χ1n) is 5.57. The van der Waals surface area contributed by atoms with Crippen LogP contribution in [0.15, 0.2) is 30.5 Å². The summed E-state index contributed by atoms with van der Waals surface area (Å²) in [6.45, 7) is 0. The number of fused-ring (bicyclic) bond motifs is 3. The lowest BCUT2D eigenvalue weighted by Gasteiger charge is -1.95. The van der Waals surface area contributed by atoms with Crippen LogP contribution in [0.5, 0.6) is 0 Å². The predicted octanol–water partition coefficient (Wildman–Crippen LogP) is 0.914. The first kappa shape index (κ1) is 11.2. The first-order chi connectivity index (χ1) is 9.06. The Bertz CT molecular complexity index is 767. The van der Waals surface area contributed by atoms with Crippen LogP contribution in [-0.4, -0.2) is 21.8 Å². The fourth-order valence-corrected chi connectivity index (χ4v) is 2.06. The number of hydrogen-bond donors (Lipinski definition) is 3. The average molecular weight is 254 g/mol. The highest BCUT2D eigenvalue weighted by Crippen LogP contribution is 2.24. The molecule has 0 aliphatic heterocycles. The van der Waals surface area contributed by atoms with Gasteiger partial charge in [0.2, 0.25) is 11.8 Å². The third-order valence-electron chi connectivity index (χ3n) is 3.00. The number of rotatable bonds is 2. The maximum atomic E-state index is 11.1. The minimum absolute atomic E-state index is 0.328. The number of pyridine rings is 1. The second-order valence-electron chi connectivity index (χ2n) is 4.23. The Morgan fingerprint density at radius 1 is 1.00 bits per heavy atom. The largest absolute Gasteiger partial charge is 0.366 e. The number of carbonyl (C=O) groups excluding carboxylic acids is 2. The average Bonchev–Trinajstić information content (AvgIpc) is 2.74. The highest BCUT2D eigenvalue weighted by atomic mass is 16.1. The smallest absolute Gasteiger partial charge is 0.250 e. The summed E-state index contributed by atoms with van der Waals surface area (Å²) in [6, 6.07) is 6.70. The lowest BCUT2D eigenvalue weighted by Crippen LogP contribution is -2.10. The Kier molecular flexibility index (Phi) is 2.25.